The van der Waals surface area contributed by atoms with E-state index in [0.29, 0.717) is 6.42 Å². The summed E-state index contributed by atoms with van der Waals surface area (Å²) >= 11 is 0. The van der Waals surface area contributed by atoms with E-state index in [0.717, 1.165) is 12.8 Å². The molecular weight excluding hydrogens is 248 g/mol. The molecule has 0 spiro atoms. The van der Waals surface area contributed by atoms with E-state index in [4.69, 9.17) is 14.0 Å². The first kappa shape index (κ1) is 12.8. The molecule has 2 saturated heterocycles. The molecule has 2 aliphatic rings. The number of carbonyl (C=O) groups is 1. The van der Waals surface area contributed by atoms with Gasteiger partial charge < -0.3 is 9.47 Å². The highest BCUT2D eigenvalue weighted by Crippen LogP contribution is 2.39. The molecule has 1 N–H and O–H groups in total. The van der Waals surface area contributed by atoms with Gasteiger partial charge in [-0.15, -0.1) is 0 Å². The second-order valence-electron chi connectivity index (χ2n) is 4.52. The van der Waals surface area contributed by atoms with E-state index in [9.17, 15) is 13.2 Å². The third-order valence-electron chi connectivity index (χ3n) is 3.20. The number of carbonyl (C=O) groups excluding carboxylic acids is 1. The van der Waals surface area contributed by atoms with Crippen LogP contribution in [0.5, 0.6) is 0 Å². The van der Waals surface area contributed by atoms with E-state index in [1.165, 1.54) is 0 Å². The molecular formula is C10H16O6S. The zero-order valence-corrected chi connectivity index (χ0v) is 10.2. The molecule has 17 heavy (non-hydrogen) atoms. The van der Waals surface area contributed by atoms with Crippen molar-refractivity contribution in [1.82, 2.24) is 0 Å². The molecule has 0 aliphatic carbocycles. The molecule has 2 aliphatic heterocycles. The first-order valence-corrected chi connectivity index (χ1v) is 7.34. The third-order valence-corrected chi connectivity index (χ3v) is 4.00. The quantitative estimate of drug-likeness (QED) is 0.438. The van der Waals surface area contributed by atoms with Crippen LogP contribution in [0.15, 0.2) is 0 Å². The molecule has 7 heteroatoms. The summed E-state index contributed by atoms with van der Waals surface area (Å²) < 4.78 is 39.9. The highest BCUT2D eigenvalue weighted by molar-refractivity contribution is 7.85. The van der Waals surface area contributed by atoms with E-state index in [1.54, 1.807) is 0 Å². The van der Waals surface area contributed by atoms with Crippen molar-refractivity contribution < 1.29 is 27.2 Å². The van der Waals surface area contributed by atoms with Crippen LogP contribution in [-0.4, -0.2) is 43.5 Å². The maximum atomic E-state index is 11.6. The number of rotatable bonds is 5. The minimum atomic E-state index is -3.97. The topological polar surface area (TPSA) is 89.9 Å². The lowest BCUT2D eigenvalue weighted by atomic mass is 9.89. The van der Waals surface area contributed by atoms with Crippen LogP contribution in [0.25, 0.3) is 0 Å². The van der Waals surface area contributed by atoms with Gasteiger partial charge in [0.1, 0.15) is 0 Å². The van der Waals surface area contributed by atoms with Crippen LogP contribution in [-0.2, 0) is 24.4 Å². The summed E-state index contributed by atoms with van der Waals surface area (Å²) in [5, 5.41) is 0. The Kier molecular flexibility index (Phi) is 3.70. The number of ether oxygens (including phenoxy) is 2. The highest BCUT2D eigenvalue weighted by Gasteiger charge is 2.45. The summed E-state index contributed by atoms with van der Waals surface area (Å²) in [4.78, 5) is 11.6. The van der Waals surface area contributed by atoms with Crippen molar-refractivity contribution in [2.75, 3.05) is 12.4 Å². The van der Waals surface area contributed by atoms with Gasteiger partial charge in [-0.2, -0.15) is 8.42 Å². The van der Waals surface area contributed by atoms with Gasteiger partial charge in [-0.1, -0.05) is 0 Å². The summed E-state index contributed by atoms with van der Waals surface area (Å²) in [5.74, 6) is -0.889. The number of hydrogen-bond donors (Lipinski definition) is 1. The van der Waals surface area contributed by atoms with E-state index in [1.807, 2.05) is 0 Å². The van der Waals surface area contributed by atoms with Crippen LogP contribution in [0.1, 0.15) is 25.7 Å². The van der Waals surface area contributed by atoms with Gasteiger partial charge in [-0.05, 0) is 25.7 Å². The van der Waals surface area contributed by atoms with Gasteiger partial charge >= 0.3 is 5.97 Å². The molecule has 2 fully saturated rings. The van der Waals surface area contributed by atoms with Crippen LogP contribution in [0.4, 0.5) is 0 Å². The summed E-state index contributed by atoms with van der Waals surface area (Å²) in [7, 11) is -3.97. The summed E-state index contributed by atoms with van der Waals surface area (Å²) in [6.45, 7) is 0.0203. The second-order valence-corrected chi connectivity index (χ2v) is 6.10. The molecule has 2 bridgehead atoms. The predicted octanol–water partition coefficient (Wildman–Crippen LogP) is 0.375. The Hall–Kier alpha value is -0.660. The van der Waals surface area contributed by atoms with Crippen molar-refractivity contribution in [1.29, 1.82) is 0 Å². The average molecular weight is 264 g/mol. The number of fused-ring (bicyclic) bond motifs is 2. The fourth-order valence-electron chi connectivity index (χ4n) is 2.41. The van der Waals surface area contributed by atoms with Gasteiger partial charge in [0, 0.05) is 0 Å². The lowest BCUT2D eigenvalue weighted by molar-refractivity contribution is -0.150. The van der Waals surface area contributed by atoms with Crippen LogP contribution >= 0.6 is 0 Å². The number of hydrogen-bond acceptors (Lipinski definition) is 5. The smallest absolute Gasteiger partial charge is 0.311 e. The standard InChI is InChI=1S/C10H16O6S/c11-10(15-4-1-5-17(12,13)14)8-6-7-2-3-9(8)16-7/h7-9H,1-6H2,(H,12,13,14). The van der Waals surface area contributed by atoms with Crippen molar-refractivity contribution in [2.45, 2.75) is 37.9 Å². The SMILES string of the molecule is O=C(OCCCS(=O)(=O)O)C1CC2CCC1O2. The molecule has 3 unspecified atom stereocenters. The van der Waals surface area contributed by atoms with Crippen molar-refractivity contribution in [3.63, 3.8) is 0 Å². The van der Waals surface area contributed by atoms with Gasteiger partial charge in [0.05, 0.1) is 30.5 Å². The van der Waals surface area contributed by atoms with Crippen molar-refractivity contribution >= 4 is 16.1 Å². The first-order chi connectivity index (χ1) is 7.96. The Balaban J connectivity index is 1.68. The maximum absolute atomic E-state index is 11.6. The summed E-state index contributed by atoms with van der Waals surface area (Å²) in [6.07, 6.45) is 2.91. The monoisotopic (exact) mass is 264 g/mol. The van der Waals surface area contributed by atoms with Gasteiger partial charge in [-0.25, -0.2) is 0 Å². The Bertz CT molecular complexity index is 390. The molecule has 2 heterocycles. The fraction of sp³-hybridized carbons (Fsp3) is 0.900. The van der Waals surface area contributed by atoms with E-state index in [-0.39, 0.29) is 42.9 Å². The average Bonchev–Trinajstić information content (AvgIpc) is 2.84. The first-order valence-electron chi connectivity index (χ1n) is 5.73. The molecule has 98 valence electrons. The van der Waals surface area contributed by atoms with Crippen LogP contribution in [0.2, 0.25) is 0 Å². The zero-order chi connectivity index (χ0) is 12.5. The normalized spacial score (nSPS) is 31.7. The lowest BCUT2D eigenvalue weighted by Gasteiger charge is -2.16. The molecule has 0 amide bonds. The predicted molar refractivity (Wildman–Crippen MR) is 58.0 cm³/mol. The summed E-state index contributed by atoms with van der Waals surface area (Å²) in [6, 6.07) is 0. The second kappa shape index (κ2) is 4.91. The Morgan fingerprint density at radius 2 is 2.18 bits per heavy atom. The van der Waals surface area contributed by atoms with E-state index in [2.05, 4.69) is 0 Å². The van der Waals surface area contributed by atoms with Crippen LogP contribution in [0.3, 0.4) is 0 Å². The molecule has 0 aromatic rings. The van der Waals surface area contributed by atoms with Crippen molar-refractivity contribution in [2.24, 2.45) is 5.92 Å². The van der Waals surface area contributed by atoms with Gasteiger partial charge in [0.15, 0.2) is 0 Å². The fourth-order valence-corrected chi connectivity index (χ4v) is 2.89. The van der Waals surface area contributed by atoms with Gasteiger partial charge in [-0.3, -0.25) is 9.35 Å². The van der Waals surface area contributed by atoms with Crippen molar-refractivity contribution in [3.8, 4) is 0 Å². The Morgan fingerprint density at radius 3 is 2.71 bits per heavy atom. The molecule has 0 saturated carbocycles. The summed E-state index contributed by atoms with van der Waals surface area (Å²) in [5.41, 5.74) is 0. The molecule has 3 atom stereocenters. The van der Waals surface area contributed by atoms with Crippen LogP contribution in [0, 0.1) is 5.92 Å². The van der Waals surface area contributed by atoms with Gasteiger partial charge in [0.25, 0.3) is 10.1 Å². The third kappa shape index (κ3) is 3.40. The molecule has 6 nitrogen and oxygen atoms in total. The van der Waals surface area contributed by atoms with E-state index < -0.39 is 10.1 Å². The molecule has 0 aromatic carbocycles. The van der Waals surface area contributed by atoms with Crippen molar-refractivity contribution in [3.05, 3.63) is 0 Å². The largest absolute Gasteiger partial charge is 0.465 e. The number of esters is 1. The van der Waals surface area contributed by atoms with E-state index >= 15 is 0 Å². The molecule has 0 radical (unpaired) electrons. The Labute approximate surface area is 100 Å². The van der Waals surface area contributed by atoms with Gasteiger partial charge in [0.2, 0.25) is 0 Å². The zero-order valence-electron chi connectivity index (χ0n) is 9.37. The minimum absolute atomic E-state index is 0.0194. The minimum Gasteiger partial charge on any atom is -0.465 e. The molecule has 2 rings (SSSR count). The maximum Gasteiger partial charge on any atom is 0.311 e. The molecule has 0 aromatic heterocycles. The highest BCUT2D eigenvalue weighted by atomic mass is 32.2. The lowest BCUT2D eigenvalue weighted by Crippen LogP contribution is -2.27. The van der Waals surface area contributed by atoms with Crippen LogP contribution < -0.4 is 0 Å². The Morgan fingerprint density at radius 1 is 1.41 bits per heavy atom.